The van der Waals surface area contributed by atoms with Crippen LogP contribution in [-0.4, -0.2) is 32.0 Å². The summed E-state index contributed by atoms with van der Waals surface area (Å²) in [7, 11) is 0. The normalized spacial score (nSPS) is 10.8. The number of anilines is 2. The Labute approximate surface area is 164 Å². The summed E-state index contributed by atoms with van der Waals surface area (Å²) in [4.78, 5) is 33.0. The minimum Gasteiger partial charge on any atom is -0.324 e. The fourth-order valence-electron chi connectivity index (χ4n) is 2.66. The maximum atomic E-state index is 12.3. The van der Waals surface area contributed by atoms with Gasteiger partial charge in [0.2, 0.25) is 5.91 Å². The van der Waals surface area contributed by atoms with Crippen molar-refractivity contribution >= 4 is 45.0 Å². The molecule has 0 aliphatic carbocycles. The first-order valence-corrected chi connectivity index (χ1v) is 9.38. The Bertz CT molecular complexity index is 1150. The second-order valence-electron chi connectivity index (χ2n) is 6.13. The third-order valence-corrected chi connectivity index (χ3v) is 4.84. The van der Waals surface area contributed by atoms with Crippen LogP contribution in [-0.2, 0) is 11.2 Å². The van der Waals surface area contributed by atoms with Gasteiger partial charge < -0.3 is 5.32 Å². The van der Waals surface area contributed by atoms with E-state index in [9.17, 15) is 9.59 Å². The lowest BCUT2D eigenvalue weighted by Gasteiger charge is -2.04. The van der Waals surface area contributed by atoms with Crippen molar-refractivity contribution in [1.82, 2.24) is 20.2 Å². The lowest BCUT2D eigenvalue weighted by atomic mass is 10.2. The van der Waals surface area contributed by atoms with Crippen molar-refractivity contribution in [2.45, 2.75) is 13.3 Å². The van der Waals surface area contributed by atoms with Gasteiger partial charge in [0, 0.05) is 22.0 Å². The van der Waals surface area contributed by atoms with Crippen LogP contribution in [0.2, 0.25) is 0 Å². The summed E-state index contributed by atoms with van der Waals surface area (Å²) in [5.74, 6) is -0.450. The molecule has 0 fully saturated rings. The average Bonchev–Trinajstić information content (AvgIpc) is 3.29. The van der Waals surface area contributed by atoms with E-state index in [1.54, 1.807) is 35.8 Å². The number of hydrogen-bond donors (Lipinski definition) is 3. The molecule has 3 aromatic heterocycles. The van der Waals surface area contributed by atoms with Crippen LogP contribution in [0.3, 0.4) is 0 Å². The lowest BCUT2D eigenvalue weighted by Crippen LogP contribution is -2.15. The van der Waals surface area contributed by atoms with Gasteiger partial charge in [0.15, 0.2) is 10.8 Å². The molecule has 3 heterocycles. The number of rotatable bonds is 5. The number of carbonyl (C=O) groups is 2. The Kier molecular flexibility index (Phi) is 4.81. The summed E-state index contributed by atoms with van der Waals surface area (Å²) in [6.45, 7) is 1.89. The number of aromatic nitrogens is 4. The number of aryl methyl sites for hydroxylation is 1. The Morgan fingerprint density at radius 2 is 2.00 bits per heavy atom. The molecule has 4 aromatic rings. The molecule has 0 atom stereocenters. The van der Waals surface area contributed by atoms with Crippen molar-refractivity contribution in [2.24, 2.45) is 0 Å². The van der Waals surface area contributed by atoms with Crippen LogP contribution in [0.15, 0.2) is 48.0 Å². The minimum atomic E-state index is -0.235. The SMILES string of the molecule is Cc1[nH]nc2ncc(NC(=O)Cc3csc(NC(=O)c4ccccc4)n3)cc12. The zero-order valence-corrected chi connectivity index (χ0v) is 15.7. The molecule has 0 aliphatic heterocycles. The maximum absolute atomic E-state index is 12.3. The topological polar surface area (TPSA) is 113 Å². The molecule has 3 N–H and O–H groups in total. The maximum Gasteiger partial charge on any atom is 0.257 e. The second kappa shape index (κ2) is 7.57. The minimum absolute atomic E-state index is 0.0973. The van der Waals surface area contributed by atoms with Gasteiger partial charge in [0.1, 0.15) is 0 Å². The summed E-state index contributed by atoms with van der Waals surface area (Å²) in [5.41, 5.74) is 3.22. The molecule has 0 aliphatic rings. The Balaban J connectivity index is 1.38. The molecule has 8 nitrogen and oxygen atoms in total. The zero-order chi connectivity index (χ0) is 19.5. The predicted molar refractivity (Wildman–Crippen MR) is 107 cm³/mol. The van der Waals surface area contributed by atoms with Crippen molar-refractivity contribution < 1.29 is 9.59 Å². The van der Waals surface area contributed by atoms with Gasteiger partial charge in [-0.05, 0) is 25.1 Å². The number of fused-ring (bicyclic) bond motifs is 1. The molecule has 0 saturated carbocycles. The third-order valence-electron chi connectivity index (χ3n) is 4.03. The van der Waals surface area contributed by atoms with Crippen molar-refractivity contribution in [3.05, 3.63) is 64.9 Å². The van der Waals surface area contributed by atoms with Crippen LogP contribution in [0.1, 0.15) is 21.7 Å². The molecule has 2 amide bonds. The molecule has 0 saturated heterocycles. The first-order valence-electron chi connectivity index (χ1n) is 8.50. The number of carbonyl (C=O) groups excluding carboxylic acids is 2. The highest BCUT2D eigenvalue weighted by Crippen LogP contribution is 2.19. The summed E-state index contributed by atoms with van der Waals surface area (Å²) in [6, 6.07) is 10.7. The van der Waals surface area contributed by atoms with E-state index in [1.807, 2.05) is 19.1 Å². The van der Waals surface area contributed by atoms with E-state index in [0.717, 1.165) is 11.1 Å². The van der Waals surface area contributed by atoms with Gasteiger partial charge in [-0.15, -0.1) is 11.3 Å². The Morgan fingerprint density at radius 3 is 2.82 bits per heavy atom. The molecule has 4 rings (SSSR count). The highest BCUT2D eigenvalue weighted by Gasteiger charge is 2.12. The molecule has 28 heavy (non-hydrogen) atoms. The molecule has 9 heteroatoms. The largest absolute Gasteiger partial charge is 0.324 e. The molecule has 0 bridgehead atoms. The van der Waals surface area contributed by atoms with Crippen LogP contribution >= 0.6 is 11.3 Å². The van der Waals surface area contributed by atoms with Crippen molar-refractivity contribution in [3.63, 3.8) is 0 Å². The van der Waals surface area contributed by atoms with Crippen LogP contribution in [0.4, 0.5) is 10.8 Å². The molecular formula is C19H16N6O2S. The fraction of sp³-hybridized carbons (Fsp3) is 0.105. The summed E-state index contributed by atoms with van der Waals surface area (Å²) in [6.07, 6.45) is 1.66. The predicted octanol–water partition coefficient (Wildman–Crippen LogP) is 3.16. The molecular weight excluding hydrogens is 376 g/mol. The van der Waals surface area contributed by atoms with E-state index in [-0.39, 0.29) is 18.2 Å². The molecule has 1 aromatic carbocycles. The number of amides is 2. The van der Waals surface area contributed by atoms with Gasteiger partial charge in [0.25, 0.3) is 5.91 Å². The van der Waals surface area contributed by atoms with Crippen LogP contribution in [0.5, 0.6) is 0 Å². The lowest BCUT2D eigenvalue weighted by molar-refractivity contribution is -0.115. The first-order chi connectivity index (χ1) is 13.6. The van der Waals surface area contributed by atoms with E-state index in [4.69, 9.17) is 0 Å². The summed E-state index contributed by atoms with van der Waals surface area (Å²) in [5, 5.41) is 15.5. The van der Waals surface area contributed by atoms with E-state index in [0.29, 0.717) is 27.7 Å². The highest BCUT2D eigenvalue weighted by molar-refractivity contribution is 7.14. The van der Waals surface area contributed by atoms with Gasteiger partial charge in [-0.1, -0.05) is 18.2 Å². The average molecular weight is 392 g/mol. The summed E-state index contributed by atoms with van der Waals surface area (Å²) < 4.78 is 0. The number of benzene rings is 1. The highest BCUT2D eigenvalue weighted by atomic mass is 32.1. The Morgan fingerprint density at radius 1 is 1.18 bits per heavy atom. The molecule has 0 spiro atoms. The second-order valence-corrected chi connectivity index (χ2v) is 6.99. The number of aromatic amines is 1. The molecule has 0 radical (unpaired) electrons. The van der Waals surface area contributed by atoms with E-state index < -0.39 is 0 Å². The van der Waals surface area contributed by atoms with E-state index in [2.05, 4.69) is 30.8 Å². The Hall–Kier alpha value is -3.59. The monoisotopic (exact) mass is 392 g/mol. The third kappa shape index (κ3) is 3.89. The number of thiazole rings is 1. The molecule has 140 valence electrons. The van der Waals surface area contributed by atoms with Crippen molar-refractivity contribution in [1.29, 1.82) is 0 Å². The summed E-state index contributed by atoms with van der Waals surface area (Å²) >= 11 is 1.28. The standard InChI is InChI=1S/C19H16N6O2S/c1-11-15-7-13(9-20-17(15)25-24-11)21-16(26)8-14-10-28-19(22-14)23-18(27)12-5-3-2-4-6-12/h2-7,9-10H,8H2,1H3,(H,21,26)(H,20,24,25)(H,22,23,27). The van der Waals surface area contributed by atoms with Gasteiger partial charge >= 0.3 is 0 Å². The smallest absolute Gasteiger partial charge is 0.257 e. The number of nitrogens with zero attached hydrogens (tertiary/aromatic N) is 3. The van der Waals surface area contributed by atoms with E-state index in [1.165, 1.54) is 11.3 Å². The number of hydrogen-bond acceptors (Lipinski definition) is 6. The van der Waals surface area contributed by atoms with Crippen LogP contribution in [0, 0.1) is 6.92 Å². The van der Waals surface area contributed by atoms with Crippen molar-refractivity contribution in [3.8, 4) is 0 Å². The number of nitrogens with one attached hydrogen (secondary N) is 3. The van der Waals surface area contributed by atoms with E-state index >= 15 is 0 Å². The fourth-order valence-corrected chi connectivity index (χ4v) is 3.37. The van der Waals surface area contributed by atoms with Crippen LogP contribution in [0.25, 0.3) is 11.0 Å². The quantitative estimate of drug-likeness (QED) is 0.483. The van der Waals surface area contributed by atoms with Gasteiger partial charge in [-0.25, -0.2) is 9.97 Å². The number of pyridine rings is 1. The zero-order valence-electron chi connectivity index (χ0n) is 14.9. The van der Waals surface area contributed by atoms with Crippen LogP contribution < -0.4 is 10.6 Å². The first kappa shape index (κ1) is 17.8. The number of H-pyrrole nitrogens is 1. The molecule has 0 unspecified atom stereocenters. The van der Waals surface area contributed by atoms with Gasteiger partial charge in [-0.2, -0.15) is 5.10 Å². The van der Waals surface area contributed by atoms with Crippen molar-refractivity contribution in [2.75, 3.05) is 10.6 Å². The van der Waals surface area contributed by atoms with Gasteiger partial charge in [0.05, 0.1) is 24.0 Å². The van der Waals surface area contributed by atoms with Gasteiger partial charge in [-0.3, -0.25) is 20.0 Å².